The predicted octanol–water partition coefficient (Wildman–Crippen LogP) is 10.8. The molecule has 0 aromatic heterocycles. The minimum Gasteiger partial charge on any atom is -0.396 e. The molecular formula is C29H59Fe2IO. The summed E-state index contributed by atoms with van der Waals surface area (Å²) in [5.74, 6) is 1.01. The molecule has 0 unspecified atom stereocenters. The van der Waals surface area contributed by atoms with Crippen LogP contribution in [0.4, 0.5) is 0 Å². The fraction of sp³-hybridized carbons (Fsp3) is 1.00. The first-order valence-electron chi connectivity index (χ1n) is 14.5. The van der Waals surface area contributed by atoms with Gasteiger partial charge in [-0.2, -0.15) is 0 Å². The van der Waals surface area contributed by atoms with Crippen LogP contribution >= 0.6 is 22.6 Å². The number of halogens is 1. The van der Waals surface area contributed by atoms with Crippen LogP contribution in [-0.2, 0) is 34.1 Å². The summed E-state index contributed by atoms with van der Waals surface area (Å²) in [4.78, 5) is 0. The first-order valence-corrected chi connectivity index (χ1v) is 16.0. The maximum atomic E-state index is 8.54. The van der Waals surface area contributed by atoms with Gasteiger partial charge in [-0.25, -0.2) is 0 Å². The molecule has 0 aliphatic heterocycles. The van der Waals surface area contributed by atoms with E-state index in [0.29, 0.717) is 6.61 Å². The van der Waals surface area contributed by atoms with Crippen molar-refractivity contribution < 1.29 is 39.2 Å². The predicted molar refractivity (Wildman–Crippen MR) is 151 cm³/mol. The second kappa shape index (κ2) is 35.9. The third kappa shape index (κ3) is 33.7. The number of hydrogen-bond donors (Lipinski definition) is 1. The monoisotopic (exact) mass is 662 g/mol. The Hall–Kier alpha value is 1.73. The van der Waals surface area contributed by atoms with Crippen molar-refractivity contribution in [3.8, 4) is 0 Å². The summed E-state index contributed by atoms with van der Waals surface area (Å²) < 4.78 is 1.32. The Kier molecular flexibility index (Phi) is 42.7. The molecule has 204 valence electrons. The number of rotatable bonds is 7. The fourth-order valence-electron chi connectivity index (χ4n) is 4.84. The molecule has 4 heteroatoms. The molecule has 0 heterocycles. The van der Waals surface area contributed by atoms with Crippen molar-refractivity contribution in [3.63, 3.8) is 0 Å². The summed E-state index contributed by atoms with van der Waals surface area (Å²) in [6, 6.07) is 0. The molecule has 4 fully saturated rings. The molecule has 0 saturated heterocycles. The molecule has 33 heavy (non-hydrogen) atoms. The summed E-state index contributed by atoms with van der Waals surface area (Å²) in [6.45, 7) is 2.61. The molecule has 4 rings (SSSR count). The van der Waals surface area contributed by atoms with Crippen LogP contribution in [0.5, 0.6) is 0 Å². The Labute approximate surface area is 244 Å². The maximum absolute atomic E-state index is 8.54. The van der Waals surface area contributed by atoms with E-state index in [9.17, 15) is 0 Å². The molecule has 4 aliphatic carbocycles. The van der Waals surface area contributed by atoms with Gasteiger partial charge < -0.3 is 5.11 Å². The molecule has 1 nitrogen and oxygen atoms in total. The van der Waals surface area contributed by atoms with Crippen LogP contribution < -0.4 is 0 Å². The normalized spacial score (nSPS) is 18.6. The fourth-order valence-corrected chi connectivity index (χ4v) is 5.38. The van der Waals surface area contributed by atoms with Gasteiger partial charge in [-0.3, -0.25) is 0 Å². The second-order valence-corrected chi connectivity index (χ2v) is 11.1. The largest absolute Gasteiger partial charge is 0.396 e. The Balaban J connectivity index is -0.000000347. The number of hydrogen-bond acceptors (Lipinski definition) is 1. The summed E-state index contributed by atoms with van der Waals surface area (Å²) in [7, 11) is 0. The van der Waals surface area contributed by atoms with Crippen molar-refractivity contribution in [2.75, 3.05) is 11.0 Å². The molecule has 0 aromatic rings. The van der Waals surface area contributed by atoms with E-state index in [-0.39, 0.29) is 34.1 Å². The van der Waals surface area contributed by atoms with Gasteiger partial charge in [0.2, 0.25) is 0 Å². The summed E-state index contributed by atoms with van der Waals surface area (Å²) in [5, 5.41) is 8.54. The third-order valence-corrected chi connectivity index (χ3v) is 7.75. The van der Waals surface area contributed by atoms with Gasteiger partial charge in [0.25, 0.3) is 0 Å². The van der Waals surface area contributed by atoms with Crippen LogP contribution in [0.25, 0.3) is 0 Å². The number of unbranched alkanes of at least 4 members (excludes halogenated alkanes) is 3. The van der Waals surface area contributed by atoms with Crippen molar-refractivity contribution >= 4 is 22.6 Å². The Morgan fingerprint density at radius 2 is 0.909 bits per heavy atom. The van der Waals surface area contributed by atoms with Crippen molar-refractivity contribution in [2.24, 2.45) is 5.92 Å². The van der Waals surface area contributed by atoms with E-state index in [0.717, 1.165) is 12.3 Å². The van der Waals surface area contributed by atoms with E-state index in [1.165, 1.54) is 159 Å². The average Bonchev–Trinajstić information content (AvgIpc) is 3.64. The van der Waals surface area contributed by atoms with Crippen LogP contribution in [0.3, 0.4) is 0 Å². The quantitative estimate of drug-likeness (QED) is 0.125. The Bertz CT molecular complexity index is 249. The van der Waals surface area contributed by atoms with E-state index >= 15 is 0 Å². The van der Waals surface area contributed by atoms with Gasteiger partial charge in [0.15, 0.2) is 0 Å². The molecule has 1 N–H and O–H groups in total. The molecule has 0 atom stereocenters. The molecule has 0 bridgehead atoms. The average molecular weight is 662 g/mol. The topological polar surface area (TPSA) is 20.2 Å². The number of aliphatic hydroxyl groups excluding tert-OH is 1. The summed E-state index contributed by atoms with van der Waals surface area (Å²) in [5.41, 5.74) is 0. The van der Waals surface area contributed by atoms with E-state index < -0.39 is 0 Å². The first kappa shape index (κ1) is 39.2. The van der Waals surface area contributed by atoms with Gasteiger partial charge in [-0.05, 0) is 23.2 Å². The Morgan fingerprint density at radius 1 is 0.545 bits per heavy atom. The molecule has 0 amide bonds. The van der Waals surface area contributed by atoms with E-state index in [4.69, 9.17) is 5.11 Å². The van der Waals surface area contributed by atoms with E-state index in [1.807, 2.05) is 0 Å². The van der Waals surface area contributed by atoms with Crippen LogP contribution in [0.1, 0.15) is 167 Å². The number of aliphatic hydroxyl groups is 1. The van der Waals surface area contributed by atoms with Crippen molar-refractivity contribution in [2.45, 2.75) is 167 Å². The summed E-state index contributed by atoms with van der Waals surface area (Å²) >= 11 is 2.41. The summed E-state index contributed by atoms with van der Waals surface area (Å²) in [6.07, 6.45) is 36.1. The SMILES string of the molecule is C1CCCC1.C1CCCC1.C1CCCC1.CCCCCI.OCCCCC1CCCC1.[Fe].[Fe]. The van der Waals surface area contributed by atoms with Gasteiger partial charge in [0, 0.05) is 40.7 Å². The smallest absolute Gasteiger partial charge is 0.0431 e. The van der Waals surface area contributed by atoms with Gasteiger partial charge in [-0.15, -0.1) is 0 Å². The standard InChI is InChI=1S/C9H18O.C5H11I.3C5H10.2Fe/c10-8-4-3-7-9-5-1-2-6-9;1-2-3-4-5-6;3*1-2-4-5-3-1;;/h9-10H,1-8H2;2-5H2,1H3;3*1-5H2;;. The van der Waals surface area contributed by atoms with Crippen molar-refractivity contribution in [1.29, 1.82) is 0 Å². The van der Waals surface area contributed by atoms with Crippen LogP contribution in [0.2, 0.25) is 0 Å². The molecule has 0 spiro atoms. The van der Waals surface area contributed by atoms with Crippen molar-refractivity contribution in [3.05, 3.63) is 0 Å². The maximum Gasteiger partial charge on any atom is 0.0431 e. The zero-order valence-electron chi connectivity index (χ0n) is 22.2. The molecule has 0 aromatic carbocycles. The van der Waals surface area contributed by atoms with Crippen LogP contribution in [0, 0.1) is 5.92 Å². The van der Waals surface area contributed by atoms with Gasteiger partial charge in [-0.1, -0.05) is 177 Å². The molecular weight excluding hydrogens is 603 g/mol. The minimum atomic E-state index is 0. The van der Waals surface area contributed by atoms with Gasteiger partial charge in [0.05, 0.1) is 0 Å². The van der Waals surface area contributed by atoms with Gasteiger partial charge in [0.1, 0.15) is 0 Å². The zero-order valence-corrected chi connectivity index (χ0v) is 26.6. The van der Waals surface area contributed by atoms with Gasteiger partial charge >= 0.3 is 0 Å². The second-order valence-electron chi connectivity index (χ2n) is 10.1. The van der Waals surface area contributed by atoms with Crippen LogP contribution in [0.15, 0.2) is 0 Å². The molecule has 0 radical (unpaired) electrons. The minimum absolute atomic E-state index is 0. The zero-order chi connectivity index (χ0) is 22.7. The van der Waals surface area contributed by atoms with E-state index in [1.54, 1.807) is 0 Å². The number of alkyl halides is 1. The first-order chi connectivity index (χ1) is 15.3. The van der Waals surface area contributed by atoms with E-state index in [2.05, 4.69) is 29.5 Å². The van der Waals surface area contributed by atoms with Crippen molar-refractivity contribution in [1.82, 2.24) is 0 Å². The molecule has 4 saturated carbocycles. The van der Waals surface area contributed by atoms with Crippen LogP contribution in [-0.4, -0.2) is 16.1 Å². The molecule has 4 aliphatic rings. The Morgan fingerprint density at radius 3 is 1.15 bits per heavy atom. The third-order valence-electron chi connectivity index (χ3n) is 6.98.